The van der Waals surface area contributed by atoms with Crippen LogP contribution in [0.5, 0.6) is 5.75 Å². The van der Waals surface area contributed by atoms with E-state index in [9.17, 15) is 4.79 Å². The van der Waals surface area contributed by atoms with Gasteiger partial charge in [-0.3, -0.25) is 4.79 Å². The summed E-state index contributed by atoms with van der Waals surface area (Å²) >= 11 is 0. The summed E-state index contributed by atoms with van der Waals surface area (Å²) in [6.07, 6.45) is 10.4. The van der Waals surface area contributed by atoms with E-state index in [1.54, 1.807) is 0 Å². The first kappa shape index (κ1) is 19.8. The SMILES string of the molecule is CCCCCC(=O)OC1CCCCC1c1cccc(OCCCC)c1. The van der Waals surface area contributed by atoms with Gasteiger partial charge in [0.15, 0.2) is 0 Å². The van der Waals surface area contributed by atoms with Crippen LogP contribution in [0.1, 0.15) is 89.5 Å². The average Bonchev–Trinajstić information content (AvgIpc) is 2.63. The molecule has 1 aliphatic carbocycles. The van der Waals surface area contributed by atoms with Crippen LogP contribution in [0.3, 0.4) is 0 Å². The molecule has 2 unspecified atom stereocenters. The molecule has 0 amide bonds. The fourth-order valence-corrected chi connectivity index (χ4v) is 3.54. The molecule has 1 aromatic carbocycles. The number of carbonyl (C=O) groups excluding carboxylic acids is 1. The molecule has 1 saturated carbocycles. The molecule has 2 atom stereocenters. The highest BCUT2D eigenvalue weighted by molar-refractivity contribution is 5.69. The zero-order valence-electron chi connectivity index (χ0n) is 16.0. The summed E-state index contributed by atoms with van der Waals surface area (Å²) < 4.78 is 11.7. The summed E-state index contributed by atoms with van der Waals surface area (Å²) in [4.78, 5) is 12.2. The van der Waals surface area contributed by atoms with Crippen molar-refractivity contribution in [3.8, 4) is 5.75 Å². The molecule has 3 heteroatoms. The minimum absolute atomic E-state index is 0.0220. The third-order valence-electron chi connectivity index (χ3n) is 5.02. The lowest BCUT2D eigenvalue weighted by atomic mass is 9.81. The Morgan fingerprint density at radius 1 is 1.08 bits per heavy atom. The lowest BCUT2D eigenvalue weighted by Gasteiger charge is -2.31. The Labute approximate surface area is 153 Å². The second kappa shape index (κ2) is 11.2. The Hall–Kier alpha value is -1.51. The molecule has 1 fully saturated rings. The second-order valence-electron chi connectivity index (χ2n) is 7.15. The fourth-order valence-electron chi connectivity index (χ4n) is 3.54. The lowest BCUT2D eigenvalue weighted by Crippen LogP contribution is -2.28. The van der Waals surface area contributed by atoms with Crippen LogP contribution in [0.15, 0.2) is 24.3 Å². The summed E-state index contributed by atoms with van der Waals surface area (Å²) in [6, 6.07) is 8.38. The molecule has 0 spiro atoms. The molecule has 0 heterocycles. The van der Waals surface area contributed by atoms with E-state index in [0.29, 0.717) is 12.3 Å². The van der Waals surface area contributed by atoms with Gasteiger partial charge in [-0.2, -0.15) is 0 Å². The van der Waals surface area contributed by atoms with Crippen LogP contribution in [-0.4, -0.2) is 18.7 Å². The number of hydrogen-bond donors (Lipinski definition) is 0. The van der Waals surface area contributed by atoms with Gasteiger partial charge in [0, 0.05) is 12.3 Å². The van der Waals surface area contributed by atoms with Crippen molar-refractivity contribution in [2.24, 2.45) is 0 Å². The summed E-state index contributed by atoms with van der Waals surface area (Å²) in [7, 11) is 0. The highest BCUT2D eigenvalue weighted by Crippen LogP contribution is 2.36. The van der Waals surface area contributed by atoms with Crippen molar-refractivity contribution in [2.75, 3.05) is 6.61 Å². The Bertz CT molecular complexity index is 512. The summed E-state index contributed by atoms with van der Waals surface area (Å²) in [5, 5.41) is 0. The van der Waals surface area contributed by atoms with Crippen molar-refractivity contribution in [1.82, 2.24) is 0 Å². The molecule has 2 rings (SSSR count). The van der Waals surface area contributed by atoms with E-state index in [0.717, 1.165) is 63.7 Å². The van der Waals surface area contributed by atoms with Crippen LogP contribution >= 0.6 is 0 Å². The zero-order chi connectivity index (χ0) is 17.9. The molecule has 140 valence electrons. The molecule has 0 radical (unpaired) electrons. The zero-order valence-corrected chi connectivity index (χ0v) is 16.0. The highest BCUT2D eigenvalue weighted by Gasteiger charge is 2.29. The van der Waals surface area contributed by atoms with Crippen LogP contribution in [-0.2, 0) is 9.53 Å². The normalized spacial score (nSPS) is 20.2. The van der Waals surface area contributed by atoms with Gasteiger partial charge in [0.25, 0.3) is 0 Å². The van der Waals surface area contributed by atoms with Gasteiger partial charge >= 0.3 is 5.97 Å². The van der Waals surface area contributed by atoms with E-state index in [1.165, 1.54) is 12.0 Å². The maximum Gasteiger partial charge on any atom is 0.306 e. The quantitative estimate of drug-likeness (QED) is 0.384. The van der Waals surface area contributed by atoms with E-state index in [2.05, 4.69) is 32.0 Å². The topological polar surface area (TPSA) is 35.5 Å². The third-order valence-corrected chi connectivity index (χ3v) is 5.02. The van der Waals surface area contributed by atoms with Crippen LogP contribution in [0.2, 0.25) is 0 Å². The maximum atomic E-state index is 12.2. The average molecular weight is 347 g/mol. The van der Waals surface area contributed by atoms with E-state index in [1.807, 2.05) is 6.07 Å². The molecule has 3 nitrogen and oxygen atoms in total. The number of carbonyl (C=O) groups is 1. The predicted molar refractivity (Wildman–Crippen MR) is 102 cm³/mol. The Balaban J connectivity index is 1.97. The smallest absolute Gasteiger partial charge is 0.306 e. The van der Waals surface area contributed by atoms with Crippen molar-refractivity contribution in [3.63, 3.8) is 0 Å². The van der Waals surface area contributed by atoms with Crippen LogP contribution in [0.25, 0.3) is 0 Å². The second-order valence-corrected chi connectivity index (χ2v) is 7.15. The molecule has 0 aliphatic heterocycles. The van der Waals surface area contributed by atoms with Gasteiger partial charge in [-0.1, -0.05) is 51.7 Å². The molecular formula is C22H34O3. The monoisotopic (exact) mass is 346 g/mol. The van der Waals surface area contributed by atoms with Crippen LogP contribution in [0, 0.1) is 0 Å². The van der Waals surface area contributed by atoms with Gasteiger partial charge in [0.05, 0.1) is 6.61 Å². The molecule has 1 aromatic rings. The van der Waals surface area contributed by atoms with Gasteiger partial charge < -0.3 is 9.47 Å². The summed E-state index contributed by atoms with van der Waals surface area (Å²) in [5.74, 6) is 1.21. The van der Waals surface area contributed by atoms with E-state index >= 15 is 0 Å². The van der Waals surface area contributed by atoms with Crippen molar-refractivity contribution in [2.45, 2.75) is 90.1 Å². The fraction of sp³-hybridized carbons (Fsp3) is 0.682. The van der Waals surface area contributed by atoms with Gasteiger partial charge in [-0.05, 0) is 49.8 Å². The standard InChI is InChI=1S/C22H34O3/c1-3-5-7-15-22(23)25-21-14-9-8-13-20(21)18-11-10-12-19(17-18)24-16-6-4-2/h10-12,17,20-21H,3-9,13-16H2,1-2H3. The number of esters is 1. The molecule has 0 saturated heterocycles. The van der Waals surface area contributed by atoms with Crippen molar-refractivity contribution < 1.29 is 14.3 Å². The minimum atomic E-state index is -0.0271. The van der Waals surface area contributed by atoms with E-state index in [4.69, 9.17) is 9.47 Å². The number of benzene rings is 1. The lowest BCUT2D eigenvalue weighted by molar-refractivity contribution is -0.151. The minimum Gasteiger partial charge on any atom is -0.494 e. The third kappa shape index (κ3) is 6.72. The largest absolute Gasteiger partial charge is 0.494 e. The van der Waals surface area contributed by atoms with Gasteiger partial charge in [-0.25, -0.2) is 0 Å². The van der Waals surface area contributed by atoms with Gasteiger partial charge in [0.1, 0.15) is 11.9 Å². The number of unbranched alkanes of at least 4 members (excludes halogenated alkanes) is 3. The highest BCUT2D eigenvalue weighted by atomic mass is 16.5. The summed E-state index contributed by atoms with van der Waals surface area (Å²) in [5.41, 5.74) is 1.25. The Kier molecular flexibility index (Phi) is 8.85. The molecule has 0 N–H and O–H groups in total. The molecule has 0 aromatic heterocycles. The first-order chi connectivity index (χ1) is 12.2. The van der Waals surface area contributed by atoms with E-state index < -0.39 is 0 Å². The number of hydrogen-bond acceptors (Lipinski definition) is 3. The molecule has 25 heavy (non-hydrogen) atoms. The van der Waals surface area contributed by atoms with Crippen LogP contribution in [0.4, 0.5) is 0 Å². The first-order valence-electron chi connectivity index (χ1n) is 10.2. The predicted octanol–water partition coefficient (Wildman–Crippen LogP) is 6.02. The van der Waals surface area contributed by atoms with E-state index in [-0.39, 0.29) is 12.1 Å². The number of ether oxygens (including phenoxy) is 2. The Morgan fingerprint density at radius 3 is 2.68 bits per heavy atom. The van der Waals surface area contributed by atoms with Crippen molar-refractivity contribution in [3.05, 3.63) is 29.8 Å². The Morgan fingerprint density at radius 2 is 1.88 bits per heavy atom. The van der Waals surface area contributed by atoms with Gasteiger partial charge in [-0.15, -0.1) is 0 Å². The van der Waals surface area contributed by atoms with Crippen LogP contribution < -0.4 is 4.74 Å². The first-order valence-corrected chi connectivity index (χ1v) is 10.2. The molecular weight excluding hydrogens is 312 g/mol. The molecule has 0 bridgehead atoms. The summed E-state index contributed by atoms with van der Waals surface area (Å²) in [6.45, 7) is 5.08. The van der Waals surface area contributed by atoms with Gasteiger partial charge in [0.2, 0.25) is 0 Å². The maximum absolute atomic E-state index is 12.2. The van der Waals surface area contributed by atoms with Crippen molar-refractivity contribution >= 4 is 5.97 Å². The van der Waals surface area contributed by atoms with Crippen molar-refractivity contribution in [1.29, 1.82) is 0 Å². The number of rotatable bonds is 10. The molecule has 1 aliphatic rings.